The molecule has 0 bridgehead atoms. The maximum atomic E-state index is 2.50. The van der Waals surface area contributed by atoms with E-state index >= 15 is 0 Å². The second-order valence-electron chi connectivity index (χ2n) is 9.68. The van der Waals surface area contributed by atoms with Crippen LogP contribution in [0.4, 0.5) is 0 Å². The molecule has 1 aromatic carbocycles. The highest BCUT2D eigenvalue weighted by Crippen LogP contribution is 2.50. The molecule has 117 valence electrons. The number of benzene rings is 1. The molecule has 0 saturated heterocycles. The average molecular weight is 285 g/mol. The lowest BCUT2D eigenvalue weighted by Gasteiger charge is -2.45. The third kappa shape index (κ3) is 4.38. The smallest absolute Gasteiger partial charge is 0.0674 e. The van der Waals surface area contributed by atoms with Crippen molar-refractivity contribution in [2.24, 2.45) is 0 Å². The summed E-state index contributed by atoms with van der Waals surface area (Å²) >= 11 is 0. The molecule has 1 aromatic rings. The SMILES string of the molecule is CC(C)(C)[B]C(C)(C)C(C)(C)c1ccc(C(C)(C)C)cc1. The van der Waals surface area contributed by atoms with Gasteiger partial charge in [-0.25, -0.2) is 0 Å². The Labute approximate surface area is 134 Å². The molecule has 0 nitrogen and oxygen atoms in total. The first-order chi connectivity index (χ1) is 9.17. The van der Waals surface area contributed by atoms with Crippen LogP contribution in [-0.4, -0.2) is 7.28 Å². The first-order valence-electron chi connectivity index (χ1n) is 8.15. The van der Waals surface area contributed by atoms with Crippen molar-refractivity contribution in [3.05, 3.63) is 35.4 Å². The molecule has 0 aliphatic heterocycles. The molecule has 0 saturated carbocycles. The summed E-state index contributed by atoms with van der Waals surface area (Å²) in [5, 5.41) is 0.362. The minimum absolute atomic E-state index is 0.108. The van der Waals surface area contributed by atoms with Crippen LogP contribution < -0.4 is 0 Å². The molecule has 0 heterocycles. The van der Waals surface area contributed by atoms with Gasteiger partial charge in [0.05, 0.1) is 0 Å². The van der Waals surface area contributed by atoms with E-state index in [1.165, 1.54) is 11.1 Å². The molecule has 0 aliphatic carbocycles. The van der Waals surface area contributed by atoms with E-state index < -0.39 is 0 Å². The fourth-order valence-electron chi connectivity index (χ4n) is 3.02. The van der Waals surface area contributed by atoms with Gasteiger partial charge in [-0.05, 0) is 22.0 Å². The molecule has 1 radical (unpaired) electrons. The topological polar surface area (TPSA) is 0 Å². The van der Waals surface area contributed by atoms with E-state index in [-0.39, 0.29) is 21.5 Å². The van der Waals surface area contributed by atoms with E-state index in [1.54, 1.807) is 0 Å². The summed E-state index contributed by atoms with van der Waals surface area (Å²) in [6, 6.07) is 9.23. The van der Waals surface area contributed by atoms with Gasteiger partial charge in [0.25, 0.3) is 0 Å². The summed E-state index contributed by atoms with van der Waals surface area (Å²) < 4.78 is 0. The Kier molecular flexibility index (Phi) is 4.79. The Morgan fingerprint density at radius 3 is 1.33 bits per heavy atom. The highest BCUT2D eigenvalue weighted by molar-refractivity contribution is 6.44. The fourth-order valence-corrected chi connectivity index (χ4v) is 3.02. The molecular formula is C20H34B. The Hall–Kier alpha value is -0.715. The first kappa shape index (κ1) is 18.3. The van der Waals surface area contributed by atoms with Crippen LogP contribution in [0.1, 0.15) is 80.4 Å². The lowest BCUT2D eigenvalue weighted by Crippen LogP contribution is -2.38. The van der Waals surface area contributed by atoms with E-state index in [0.29, 0.717) is 0 Å². The quantitative estimate of drug-likeness (QED) is 0.565. The lowest BCUT2D eigenvalue weighted by molar-refractivity contribution is 0.379. The molecule has 21 heavy (non-hydrogen) atoms. The van der Waals surface area contributed by atoms with Crippen LogP contribution in [0.2, 0.25) is 10.6 Å². The van der Waals surface area contributed by atoms with Crippen molar-refractivity contribution in [3.8, 4) is 0 Å². The summed E-state index contributed by atoms with van der Waals surface area (Å²) in [4.78, 5) is 0. The summed E-state index contributed by atoms with van der Waals surface area (Å²) in [6.07, 6.45) is 0. The van der Waals surface area contributed by atoms with Crippen molar-refractivity contribution in [1.82, 2.24) is 0 Å². The van der Waals surface area contributed by atoms with Crippen LogP contribution in [-0.2, 0) is 10.8 Å². The van der Waals surface area contributed by atoms with Gasteiger partial charge in [0, 0.05) is 0 Å². The van der Waals surface area contributed by atoms with Gasteiger partial charge in [0.15, 0.2) is 0 Å². The predicted octanol–water partition coefficient (Wildman–Crippen LogP) is 6.38. The largest absolute Gasteiger partial charge is 0.125 e. The van der Waals surface area contributed by atoms with E-state index in [9.17, 15) is 0 Å². The number of hydrogen-bond acceptors (Lipinski definition) is 0. The average Bonchev–Trinajstić information content (AvgIpc) is 2.24. The highest BCUT2D eigenvalue weighted by Gasteiger charge is 2.41. The van der Waals surface area contributed by atoms with Crippen LogP contribution in [0.15, 0.2) is 24.3 Å². The molecule has 0 aliphatic rings. The second kappa shape index (κ2) is 5.49. The molecule has 0 N–H and O–H groups in total. The van der Waals surface area contributed by atoms with Crippen LogP contribution in [0, 0.1) is 0 Å². The van der Waals surface area contributed by atoms with Crippen molar-refractivity contribution in [3.63, 3.8) is 0 Å². The molecular weight excluding hydrogens is 251 g/mol. The van der Waals surface area contributed by atoms with Gasteiger partial charge in [-0.15, -0.1) is 0 Å². The Morgan fingerprint density at radius 2 is 1.00 bits per heavy atom. The van der Waals surface area contributed by atoms with E-state index in [2.05, 4.69) is 101 Å². The summed E-state index contributed by atoms with van der Waals surface area (Å²) in [6.45, 7) is 23.1. The Morgan fingerprint density at radius 1 is 0.619 bits per heavy atom. The summed E-state index contributed by atoms with van der Waals surface area (Å²) in [5.74, 6) is 0. The van der Waals surface area contributed by atoms with E-state index in [1.807, 2.05) is 0 Å². The van der Waals surface area contributed by atoms with Crippen LogP contribution in [0.3, 0.4) is 0 Å². The van der Waals surface area contributed by atoms with Gasteiger partial charge in [0.1, 0.15) is 7.28 Å². The van der Waals surface area contributed by atoms with Gasteiger partial charge in [0.2, 0.25) is 0 Å². The molecule has 1 heteroatoms. The van der Waals surface area contributed by atoms with Gasteiger partial charge in [-0.2, -0.15) is 0 Å². The standard InChI is InChI=1S/C20H34B/c1-17(2,3)15-11-13-16(14-12-15)19(7,8)20(9,10)21-18(4,5)6/h11-14H,1-10H3. The summed E-state index contributed by atoms with van der Waals surface area (Å²) in [7, 11) is 2.50. The monoisotopic (exact) mass is 285 g/mol. The minimum atomic E-state index is 0.108. The minimum Gasteiger partial charge on any atom is -0.0674 e. The molecule has 0 fully saturated rings. The van der Waals surface area contributed by atoms with E-state index in [0.717, 1.165) is 0 Å². The zero-order valence-corrected chi connectivity index (χ0v) is 15.9. The molecule has 0 spiro atoms. The Bertz CT molecular complexity index is 464. The van der Waals surface area contributed by atoms with Crippen LogP contribution in [0.5, 0.6) is 0 Å². The van der Waals surface area contributed by atoms with Crippen molar-refractivity contribution in [1.29, 1.82) is 0 Å². The molecule has 0 unspecified atom stereocenters. The highest BCUT2D eigenvalue weighted by atomic mass is 14.4. The number of rotatable bonds is 3. The van der Waals surface area contributed by atoms with E-state index in [4.69, 9.17) is 0 Å². The van der Waals surface area contributed by atoms with Gasteiger partial charge >= 0.3 is 0 Å². The van der Waals surface area contributed by atoms with Crippen molar-refractivity contribution in [2.45, 2.75) is 90.7 Å². The predicted molar refractivity (Wildman–Crippen MR) is 97.7 cm³/mol. The maximum Gasteiger partial charge on any atom is 0.125 e. The first-order valence-corrected chi connectivity index (χ1v) is 8.15. The van der Waals surface area contributed by atoms with Crippen LogP contribution in [0.25, 0.3) is 0 Å². The van der Waals surface area contributed by atoms with Crippen molar-refractivity contribution < 1.29 is 0 Å². The molecule has 1 rings (SSSR count). The second-order valence-corrected chi connectivity index (χ2v) is 9.68. The third-order valence-corrected chi connectivity index (χ3v) is 4.88. The zero-order chi connectivity index (χ0) is 16.7. The van der Waals surface area contributed by atoms with Crippen molar-refractivity contribution >= 4 is 7.28 Å². The fraction of sp³-hybridized carbons (Fsp3) is 0.700. The van der Waals surface area contributed by atoms with Gasteiger partial charge in [-0.3, -0.25) is 0 Å². The van der Waals surface area contributed by atoms with Gasteiger partial charge < -0.3 is 0 Å². The van der Waals surface area contributed by atoms with Crippen LogP contribution >= 0.6 is 0 Å². The maximum absolute atomic E-state index is 2.50. The zero-order valence-electron chi connectivity index (χ0n) is 15.9. The van der Waals surface area contributed by atoms with Crippen molar-refractivity contribution in [2.75, 3.05) is 0 Å². The summed E-state index contributed by atoms with van der Waals surface area (Å²) in [5.41, 5.74) is 3.15. The van der Waals surface area contributed by atoms with Gasteiger partial charge in [-0.1, -0.05) is 104 Å². The Balaban J connectivity index is 3.13. The normalized spacial score (nSPS) is 14.2. The third-order valence-electron chi connectivity index (χ3n) is 4.88. The number of hydrogen-bond donors (Lipinski definition) is 0. The lowest BCUT2D eigenvalue weighted by atomic mass is 9.35. The molecule has 0 aromatic heterocycles. The molecule has 0 amide bonds. The molecule has 0 atom stereocenters.